The Kier molecular flexibility index (Phi) is 4.75. The van der Waals surface area contributed by atoms with Gasteiger partial charge in [0.15, 0.2) is 11.5 Å². The Morgan fingerprint density at radius 2 is 2.00 bits per heavy atom. The second kappa shape index (κ2) is 6.74. The zero-order valence-electron chi connectivity index (χ0n) is 12.6. The summed E-state index contributed by atoms with van der Waals surface area (Å²) in [5, 5.41) is 20.2. The van der Waals surface area contributed by atoms with Gasteiger partial charge in [0.25, 0.3) is 0 Å². The third kappa shape index (κ3) is 3.74. The number of hydrogen-bond acceptors (Lipinski definition) is 5. The maximum atomic E-state index is 12.3. The molecule has 6 heteroatoms. The number of aromatic hydroxyl groups is 1. The maximum Gasteiger partial charge on any atom is 0.311 e. The van der Waals surface area contributed by atoms with Crippen LogP contribution in [-0.2, 0) is 0 Å². The number of nitrogens with zero attached hydrogens (tertiary/aromatic N) is 1. The molecular weight excluding hydrogens is 298 g/mol. The highest BCUT2D eigenvalue weighted by molar-refractivity contribution is 6.08. The quantitative estimate of drug-likeness (QED) is 0.395. The Labute approximate surface area is 132 Å². The van der Waals surface area contributed by atoms with Crippen molar-refractivity contribution in [3.63, 3.8) is 0 Å². The zero-order valence-corrected chi connectivity index (χ0v) is 12.6. The van der Waals surface area contributed by atoms with Crippen LogP contribution in [0.2, 0.25) is 0 Å². The molecule has 6 nitrogen and oxygen atoms in total. The summed E-state index contributed by atoms with van der Waals surface area (Å²) in [5.41, 5.74) is 1.36. The lowest BCUT2D eigenvalue weighted by Gasteiger charge is -2.06. The lowest BCUT2D eigenvalue weighted by molar-refractivity contribution is -0.385. The largest absolute Gasteiger partial charge is 0.502 e. The van der Waals surface area contributed by atoms with Gasteiger partial charge in [0.2, 0.25) is 0 Å². The minimum absolute atomic E-state index is 0.277. The summed E-state index contributed by atoms with van der Waals surface area (Å²) in [5.74, 6) is -0.234. The smallest absolute Gasteiger partial charge is 0.311 e. The van der Waals surface area contributed by atoms with Crippen LogP contribution in [0.15, 0.2) is 42.5 Å². The van der Waals surface area contributed by atoms with Crippen molar-refractivity contribution in [3.05, 3.63) is 69.3 Å². The third-order valence-corrected chi connectivity index (χ3v) is 3.24. The average molecular weight is 313 g/mol. The van der Waals surface area contributed by atoms with E-state index in [1.165, 1.54) is 37.5 Å². The van der Waals surface area contributed by atoms with Crippen molar-refractivity contribution in [1.29, 1.82) is 0 Å². The van der Waals surface area contributed by atoms with Crippen LogP contribution < -0.4 is 4.74 Å². The molecule has 0 heterocycles. The highest BCUT2D eigenvalue weighted by Crippen LogP contribution is 2.27. The highest BCUT2D eigenvalue weighted by atomic mass is 16.6. The monoisotopic (exact) mass is 313 g/mol. The number of hydrogen-bond donors (Lipinski definition) is 1. The second-order valence-corrected chi connectivity index (χ2v) is 4.91. The number of nitro groups is 1. The molecule has 0 unspecified atom stereocenters. The Balaban J connectivity index is 2.30. The summed E-state index contributed by atoms with van der Waals surface area (Å²) in [6.07, 6.45) is 2.77. The number of phenolic OH excluding ortho intramolecular Hbond substituents is 1. The van der Waals surface area contributed by atoms with Crippen LogP contribution in [0, 0.1) is 17.0 Å². The molecule has 0 spiro atoms. The van der Waals surface area contributed by atoms with Gasteiger partial charge in [-0.3, -0.25) is 14.9 Å². The van der Waals surface area contributed by atoms with Gasteiger partial charge in [-0.05, 0) is 36.8 Å². The van der Waals surface area contributed by atoms with Gasteiger partial charge in [0, 0.05) is 6.07 Å². The summed E-state index contributed by atoms with van der Waals surface area (Å²) in [7, 11) is 1.48. The van der Waals surface area contributed by atoms with Crippen molar-refractivity contribution in [3.8, 4) is 11.5 Å². The summed E-state index contributed by atoms with van der Waals surface area (Å²) in [6.45, 7) is 1.86. The van der Waals surface area contributed by atoms with Crippen molar-refractivity contribution >= 4 is 17.5 Å². The molecule has 0 aliphatic heterocycles. The first-order chi connectivity index (χ1) is 10.9. The zero-order chi connectivity index (χ0) is 17.0. The fraction of sp³-hybridized carbons (Fsp3) is 0.118. The van der Waals surface area contributed by atoms with Crippen molar-refractivity contribution in [2.75, 3.05) is 7.11 Å². The molecule has 1 N–H and O–H groups in total. The molecule has 0 bridgehead atoms. The predicted octanol–water partition coefficient (Wildman–Crippen LogP) is 3.51. The maximum absolute atomic E-state index is 12.3. The minimum atomic E-state index is -0.682. The number of rotatable bonds is 5. The highest BCUT2D eigenvalue weighted by Gasteiger charge is 2.13. The lowest BCUT2D eigenvalue weighted by atomic mass is 10.0. The van der Waals surface area contributed by atoms with Crippen LogP contribution >= 0.6 is 0 Å². The van der Waals surface area contributed by atoms with Crippen LogP contribution in [0.5, 0.6) is 11.5 Å². The van der Waals surface area contributed by atoms with Crippen molar-refractivity contribution < 1.29 is 19.6 Å². The van der Waals surface area contributed by atoms with E-state index in [9.17, 15) is 20.0 Å². The molecule has 2 aromatic carbocycles. The van der Waals surface area contributed by atoms with Gasteiger partial charge in [-0.2, -0.15) is 0 Å². The molecule has 0 radical (unpaired) electrons. The SMILES string of the molecule is COc1ccc(C)cc1C(=O)/C=C/c1ccc(O)c([N+](=O)[O-])c1. The standard InChI is InChI=1S/C17H15NO5/c1-11-3-8-17(23-2)13(9-11)15(19)6-4-12-5-7-16(20)14(10-12)18(21)22/h3-10,20H,1-2H3/b6-4+. The lowest BCUT2D eigenvalue weighted by Crippen LogP contribution is -1.99. The van der Waals surface area contributed by atoms with E-state index in [1.807, 2.05) is 13.0 Å². The molecule has 0 aliphatic carbocycles. The van der Waals surface area contributed by atoms with Gasteiger partial charge in [-0.25, -0.2) is 0 Å². The molecule has 0 amide bonds. The number of ketones is 1. The van der Waals surface area contributed by atoms with E-state index >= 15 is 0 Å². The number of methoxy groups -OCH3 is 1. The van der Waals surface area contributed by atoms with Gasteiger partial charge in [0.1, 0.15) is 5.75 Å². The van der Waals surface area contributed by atoms with Gasteiger partial charge >= 0.3 is 5.69 Å². The molecule has 23 heavy (non-hydrogen) atoms. The second-order valence-electron chi connectivity index (χ2n) is 4.91. The molecular formula is C17H15NO5. The van der Waals surface area contributed by atoms with E-state index in [0.29, 0.717) is 16.9 Å². The summed E-state index contributed by atoms with van der Waals surface area (Å²) < 4.78 is 5.16. The molecule has 0 aliphatic rings. The van der Waals surface area contributed by atoms with Crippen LogP contribution in [0.25, 0.3) is 6.08 Å². The molecule has 0 saturated carbocycles. The molecule has 0 saturated heterocycles. The topological polar surface area (TPSA) is 89.7 Å². The Hall–Kier alpha value is -3.15. The third-order valence-electron chi connectivity index (χ3n) is 3.24. The van der Waals surface area contributed by atoms with Crippen LogP contribution in [0.4, 0.5) is 5.69 Å². The first-order valence-electron chi connectivity index (χ1n) is 6.77. The summed E-state index contributed by atoms with van der Waals surface area (Å²) in [6, 6.07) is 9.16. The van der Waals surface area contributed by atoms with Crippen molar-refractivity contribution in [2.45, 2.75) is 6.92 Å². The number of benzene rings is 2. The van der Waals surface area contributed by atoms with Crippen LogP contribution in [-0.4, -0.2) is 22.9 Å². The molecule has 0 atom stereocenters. The summed E-state index contributed by atoms with van der Waals surface area (Å²) in [4.78, 5) is 22.4. The van der Waals surface area contributed by atoms with Crippen LogP contribution in [0.3, 0.4) is 0 Å². The van der Waals surface area contributed by atoms with E-state index < -0.39 is 16.4 Å². The van der Waals surface area contributed by atoms with Gasteiger partial charge < -0.3 is 9.84 Å². The molecule has 0 fully saturated rings. The fourth-order valence-electron chi connectivity index (χ4n) is 2.07. The van der Waals surface area contributed by atoms with Crippen LogP contribution in [0.1, 0.15) is 21.5 Å². The van der Waals surface area contributed by atoms with Gasteiger partial charge in [0.05, 0.1) is 17.6 Å². The van der Waals surface area contributed by atoms with Crippen molar-refractivity contribution in [2.24, 2.45) is 0 Å². The normalized spacial score (nSPS) is 10.7. The van der Waals surface area contributed by atoms with E-state index in [0.717, 1.165) is 5.56 Å². The number of nitro benzene ring substituents is 1. The molecule has 2 aromatic rings. The number of carbonyl (C=O) groups is 1. The number of ether oxygens (including phenoxy) is 1. The minimum Gasteiger partial charge on any atom is -0.502 e. The number of carbonyl (C=O) groups excluding carboxylic acids is 1. The first kappa shape index (κ1) is 16.2. The molecule has 2 rings (SSSR count). The van der Waals surface area contributed by atoms with E-state index in [-0.39, 0.29) is 5.78 Å². The average Bonchev–Trinajstić information content (AvgIpc) is 2.53. The van der Waals surface area contributed by atoms with E-state index in [4.69, 9.17) is 4.74 Å². The molecule has 118 valence electrons. The number of phenols is 1. The first-order valence-corrected chi connectivity index (χ1v) is 6.77. The van der Waals surface area contributed by atoms with E-state index in [2.05, 4.69) is 0 Å². The fourth-order valence-corrected chi connectivity index (χ4v) is 2.07. The van der Waals surface area contributed by atoms with Gasteiger partial charge in [-0.15, -0.1) is 0 Å². The number of aryl methyl sites for hydroxylation is 1. The Morgan fingerprint density at radius 1 is 1.26 bits per heavy atom. The Morgan fingerprint density at radius 3 is 2.65 bits per heavy atom. The van der Waals surface area contributed by atoms with Crippen molar-refractivity contribution in [1.82, 2.24) is 0 Å². The Bertz CT molecular complexity index is 796. The summed E-state index contributed by atoms with van der Waals surface area (Å²) >= 11 is 0. The van der Waals surface area contributed by atoms with E-state index in [1.54, 1.807) is 12.1 Å². The molecule has 0 aromatic heterocycles. The predicted molar refractivity (Wildman–Crippen MR) is 85.9 cm³/mol. The number of allylic oxidation sites excluding steroid dienone is 1. The van der Waals surface area contributed by atoms with Gasteiger partial charge in [-0.1, -0.05) is 23.8 Å².